The molecule has 1 fully saturated rings. The summed E-state index contributed by atoms with van der Waals surface area (Å²) in [7, 11) is 1.39. The smallest absolute Gasteiger partial charge is 0.337 e. The number of esters is 1. The second-order valence-electron chi connectivity index (χ2n) is 10.5. The second-order valence-corrected chi connectivity index (χ2v) is 10.5. The van der Waals surface area contributed by atoms with Crippen LogP contribution in [0.3, 0.4) is 0 Å². The molecule has 0 aliphatic carbocycles. The predicted octanol–water partition coefficient (Wildman–Crippen LogP) is 4.22. The number of oxime groups is 1. The summed E-state index contributed by atoms with van der Waals surface area (Å²) in [6, 6.07) is 14.8. The average molecular weight is 581 g/mol. The minimum absolute atomic E-state index is 0.265. The number of carbonyl (C=O) groups is 1. The van der Waals surface area contributed by atoms with Crippen LogP contribution in [-0.4, -0.2) is 56.4 Å². The molecule has 0 bridgehead atoms. The van der Waals surface area contributed by atoms with Gasteiger partial charge in [0.1, 0.15) is 12.4 Å². The summed E-state index contributed by atoms with van der Waals surface area (Å²) in [6.45, 7) is 6.29. The zero-order chi connectivity index (χ0) is 30.2. The number of allylic oxidation sites excluding steroid dienone is 2. The molecule has 0 amide bonds. The molecule has 0 atom stereocenters. The van der Waals surface area contributed by atoms with Crippen LogP contribution in [0.5, 0.6) is 0 Å². The SMILES string of the molecule is CCn1cncc1Cn1c(CN2CCC(/C(N)=C/C=N/OCc3ccc(C#N)cc3)CC2)nc2ccc(C(=O)OC)cc21. The number of methoxy groups -OCH3 is 1. The van der Waals surface area contributed by atoms with Crippen LogP contribution in [0.2, 0.25) is 0 Å². The molecule has 43 heavy (non-hydrogen) atoms. The minimum atomic E-state index is -0.370. The zero-order valence-electron chi connectivity index (χ0n) is 24.5. The molecule has 1 aliphatic heterocycles. The highest BCUT2D eigenvalue weighted by molar-refractivity contribution is 5.93. The van der Waals surface area contributed by atoms with Gasteiger partial charge in [0.25, 0.3) is 0 Å². The normalized spacial score (nSPS) is 14.8. The van der Waals surface area contributed by atoms with Crippen molar-refractivity contribution in [3.05, 3.63) is 95.0 Å². The Kier molecular flexibility index (Phi) is 9.49. The van der Waals surface area contributed by atoms with E-state index in [2.05, 4.69) is 37.2 Å². The van der Waals surface area contributed by atoms with Crippen molar-refractivity contribution in [2.45, 2.75) is 46.0 Å². The topological polar surface area (TPSA) is 137 Å². The quantitative estimate of drug-likeness (QED) is 0.158. The number of carbonyl (C=O) groups excluding carboxylic acids is 1. The van der Waals surface area contributed by atoms with Crippen molar-refractivity contribution in [2.24, 2.45) is 16.8 Å². The van der Waals surface area contributed by atoms with E-state index in [0.29, 0.717) is 30.8 Å². The molecule has 11 nitrogen and oxygen atoms in total. The summed E-state index contributed by atoms with van der Waals surface area (Å²) in [4.78, 5) is 29.3. The molecule has 0 unspecified atom stereocenters. The molecule has 3 heterocycles. The molecule has 2 aromatic heterocycles. The van der Waals surface area contributed by atoms with E-state index in [1.807, 2.05) is 42.9 Å². The molecule has 0 spiro atoms. The molecule has 2 aromatic carbocycles. The number of aryl methyl sites for hydroxylation is 1. The fourth-order valence-electron chi connectivity index (χ4n) is 5.35. The summed E-state index contributed by atoms with van der Waals surface area (Å²) in [5.41, 5.74) is 12.1. The fourth-order valence-corrected chi connectivity index (χ4v) is 5.35. The molecule has 11 heteroatoms. The van der Waals surface area contributed by atoms with Crippen LogP contribution in [0.15, 0.2) is 71.9 Å². The van der Waals surface area contributed by atoms with Crippen LogP contribution >= 0.6 is 0 Å². The van der Waals surface area contributed by atoms with E-state index in [9.17, 15) is 4.79 Å². The lowest BCUT2D eigenvalue weighted by Gasteiger charge is -2.32. The number of hydrogen-bond donors (Lipinski definition) is 1. The minimum Gasteiger partial charge on any atom is -0.465 e. The number of benzene rings is 2. The average Bonchev–Trinajstić information content (AvgIpc) is 3.64. The van der Waals surface area contributed by atoms with E-state index in [-0.39, 0.29) is 11.9 Å². The number of piperidine rings is 1. The van der Waals surface area contributed by atoms with Gasteiger partial charge in [-0.15, -0.1) is 0 Å². The first kappa shape index (κ1) is 29.5. The fraction of sp³-hybridized carbons (Fsp3) is 0.344. The van der Waals surface area contributed by atoms with Gasteiger partial charge in [-0.2, -0.15) is 5.26 Å². The highest BCUT2D eigenvalue weighted by Crippen LogP contribution is 2.25. The summed E-state index contributed by atoms with van der Waals surface area (Å²) in [5, 5.41) is 12.9. The molecular formula is C32H36N8O3. The van der Waals surface area contributed by atoms with E-state index in [1.54, 1.807) is 24.4 Å². The maximum atomic E-state index is 12.3. The Morgan fingerprint density at radius 3 is 2.70 bits per heavy atom. The molecule has 0 saturated carbocycles. The largest absolute Gasteiger partial charge is 0.465 e. The maximum Gasteiger partial charge on any atom is 0.337 e. The lowest BCUT2D eigenvalue weighted by molar-refractivity contribution is 0.0601. The van der Waals surface area contributed by atoms with Gasteiger partial charge < -0.3 is 24.4 Å². The molecular weight excluding hydrogens is 544 g/mol. The number of rotatable bonds is 11. The molecule has 222 valence electrons. The van der Waals surface area contributed by atoms with E-state index in [1.165, 1.54) is 7.11 Å². The number of likely N-dealkylation sites (tertiary alicyclic amines) is 1. The number of hydrogen-bond acceptors (Lipinski definition) is 9. The van der Waals surface area contributed by atoms with E-state index in [0.717, 1.165) is 66.3 Å². The van der Waals surface area contributed by atoms with Gasteiger partial charge >= 0.3 is 5.97 Å². The third-order valence-electron chi connectivity index (χ3n) is 7.85. The molecule has 4 aromatic rings. The van der Waals surface area contributed by atoms with Crippen molar-refractivity contribution < 1.29 is 14.4 Å². The van der Waals surface area contributed by atoms with Crippen molar-refractivity contribution in [1.82, 2.24) is 24.0 Å². The highest BCUT2D eigenvalue weighted by Gasteiger charge is 2.23. The summed E-state index contributed by atoms with van der Waals surface area (Å²) in [5.74, 6) is 0.835. The third-order valence-corrected chi connectivity index (χ3v) is 7.85. The van der Waals surface area contributed by atoms with Crippen LogP contribution in [0.25, 0.3) is 11.0 Å². The third kappa shape index (κ3) is 7.10. The highest BCUT2D eigenvalue weighted by atomic mass is 16.6. The Balaban J connectivity index is 1.22. The van der Waals surface area contributed by atoms with Gasteiger partial charge in [-0.05, 0) is 74.8 Å². The first-order chi connectivity index (χ1) is 21.0. The first-order valence-corrected chi connectivity index (χ1v) is 14.4. The lowest BCUT2D eigenvalue weighted by Crippen LogP contribution is -2.35. The molecule has 1 saturated heterocycles. The maximum absolute atomic E-state index is 12.3. The van der Waals surface area contributed by atoms with Crippen LogP contribution in [-0.2, 0) is 35.8 Å². The van der Waals surface area contributed by atoms with Gasteiger partial charge in [-0.25, -0.2) is 14.8 Å². The number of aromatic nitrogens is 4. The summed E-state index contributed by atoms with van der Waals surface area (Å²) < 4.78 is 9.25. The van der Waals surface area contributed by atoms with E-state index in [4.69, 9.17) is 25.6 Å². The second kappa shape index (κ2) is 13.8. The molecule has 2 N–H and O–H groups in total. The van der Waals surface area contributed by atoms with Crippen LogP contribution in [0, 0.1) is 17.2 Å². The van der Waals surface area contributed by atoms with Crippen molar-refractivity contribution in [3.63, 3.8) is 0 Å². The van der Waals surface area contributed by atoms with Crippen LogP contribution in [0.4, 0.5) is 0 Å². The number of ether oxygens (including phenoxy) is 1. The lowest BCUT2D eigenvalue weighted by atomic mass is 9.93. The zero-order valence-corrected chi connectivity index (χ0v) is 24.5. The van der Waals surface area contributed by atoms with Crippen LogP contribution in [0.1, 0.15) is 52.8 Å². The van der Waals surface area contributed by atoms with Gasteiger partial charge in [-0.1, -0.05) is 17.3 Å². The Morgan fingerprint density at radius 2 is 1.98 bits per heavy atom. The monoisotopic (exact) mass is 580 g/mol. The molecule has 1 aliphatic rings. The van der Waals surface area contributed by atoms with Gasteiger partial charge in [0, 0.05) is 24.4 Å². The predicted molar refractivity (Wildman–Crippen MR) is 163 cm³/mol. The van der Waals surface area contributed by atoms with Crippen molar-refractivity contribution in [3.8, 4) is 6.07 Å². The number of imidazole rings is 2. The van der Waals surface area contributed by atoms with Crippen molar-refractivity contribution in [2.75, 3.05) is 20.2 Å². The summed E-state index contributed by atoms with van der Waals surface area (Å²) in [6.07, 6.45) is 8.98. The number of fused-ring (bicyclic) bond motifs is 1. The Morgan fingerprint density at radius 1 is 1.19 bits per heavy atom. The summed E-state index contributed by atoms with van der Waals surface area (Å²) >= 11 is 0. The van der Waals surface area contributed by atoms with Gasteiger partial charge in [-0.3, -0.25) is 4.90 Å². The van der Waals surface area contributed by atoms with Gasteiger partial charge in [0.05, 0.1) is 66.7 Å². The van der Waals surface area contributed by atoms with Gasteiger partial charge in [0.15, 0.2) is 0 Å². The number of nitrogens with zero attached hydrogens (tertiary/aromatic N) is 7. The number of nitrogens with two attached hydrogens (primary N) is 1. The van der Waals surface area contributed by atoms with Crippen molar-refractivity contribution in [1.29, 1.82) is 5.26 Å². The Labute approximate surface area is 250 Å². The van der Waals surface area contributed by atoms with Gasteiger partial charge in [0.2, 0.25) is 0 Å². The Hall–Kier alpha value is -4.95. The molecule has 0 radical (unpaired) electrons. The number of nitriles is 1. The standard InChI is InChI=1S/C32H36N8O3/c1-3-39-22-35-18-27(39)19-40-30-16-26(32(41)42-2)8-9-29(30)37-31(40)20-38-14-11-25(12-15-38)28(34)10-13-36-43-21-24-6-4-23(17-33)5-7-24/h4-10,13,16,18,22,25H,3,11-12,14-15,19-21,34H2,1-2H3/b28-10-,36-13+. The molecule has 5 rings (SSSR count). The van der Waals surface area contributed by atoms with Crippen LogP contribution < -0.4 is 5.73 Å². The van der Waals surface area contributed by atoms with E-state index < -0.39 is 0 Å². The Bertz CT molecular complexity index is 1650. The van der Waals surface area contributed by atoms with E-state index >= 15 is 0 Å². The van der Waals surface area contributed by atoms with Crippen molar-refractivity contribution >= 4 is 23.2 Å². The first-order valence-electron chi connectivity index (χ1n) is 14.4.